The average Bonchev–Trinajstić information content (AvgIpc) is 3.34. The van der Waals surface area contributed by atoms with Crippen LogP contribution in [0.25, 0.3) is 0 Å². The van der Waals surface area contributed by atoms with Gasteiger partial charge in [-0.3, -0.25) is 25.8 Å². The van der Waals surface area contributed by atoms with Crippen molar-refractivity contribution in [2.45, 2.75) is 12.3 Å². The molecule has 6 heteroatoms. The number of nitrogens with zero attached hydrogens (tertiary/aromatic N) is 1. The van der Waals surface area contributed by atoms with Gasteiger partial charge in [-0.05, 0) is 30.0 Å². The first-order valence-corrected chi connectivity index (χ1v) is 7.00. The van der Waals surface area contributed by atoms with Crippen molar-refractivity contribution < 1.29 is 9.72 Å². The first-order chi connectivity index (χ1) is 10.6. The molecule has 0 heterocycles. The molecule has 0 aliphatic heterocycles. The predicted molar refractivity (Wildman–Crippen MR) is 82.2 cm³/mol. The van der Waals surface area contributed by atoms with Crippen molar-refractivity contribution in [3.05, 3.63) is 70.3 Å². The maximum absolute atomic E-state index is 12.1. The first kappa shape index (κ1) is 14.1. The molecule has 2 aromatic carbocycles. The summed E-state index contributed by atoms with van der Waals surface area (Å²) in [5, 5.41) is 10.6. The van der Waals surface area contributed by atoms with Crippen molar-refractivity contribution in [1.82, 2.24) is 5.43 Å². The molecule has 22 heavy (non-hydrogen) atoms. The molecule has 1 amide bonds. The number of amides is 1. The molecular formula is C16H15N3O3. The lowest BCUT2D eigenvalue weighted by Gasteiger charge is -2.08. The molecule has 0 spiro atoms. The molecule has 2 aromatic rings. The summed E-state index contributed by atoms with van der Waals surface area (Å²) in [7, 11) is 0. The third kappa shape index (κ3) is 3.06. The number of hydrogen-bond donors (Lipinski definition) is 2. The molecule has 6 nitrogen and oxygen atoms in total. The van der Waals surface area contributed by atoms with Gasteiger partial charge in [-0.2, -0.15) is 0 Å². The second-order valence-electron chi connectivity index (χ2n) is 5.28. The van der Waals surface area contributed by atoms with Crippen molar-refractivity contribution in [1.29, 1.82) is 0 Å². The zero-order valence-electron chi connectivity index (χ0n) is 11.7. The van der Waals surface area contributed by atoms with E-state index in [4.69, 9.17) is 0 Å². The largest absolute Gasteiger partial charge is 0.299 e. The number of anilines is 1. The van der Waals surface area contributed by atoms with E-state index < -0.39 is 4.92 Å². The van der Waals surface area contributed by atoms with Crippen LogP contribution >= 0.6 is 0 Å². The highest BCUT2D eigenvalue weighted by Crippen LogP contribution is 2.47. The topological polar surface area (TPSA) is 84.3 Å². The van der Waals surface area contributed by atoms with Crippen molar-refractivity contribution >= 4 is 17.3 Å². The Hall–Kier alpha value is -2.89. The second-order valence-corrected chi connectivity index (χ2v) is 5.28. The highest BCUT2D eigenvalue weighted by molar-refractivity contribution is 5.84. The van der Waals surface area contributed by atoms with Crippen LogP contribution < -0.4 is 10.9 Å². The summed E-state index contributed by atoms with van der Waals surface area (Å²) >= 11 is 0. The second kappa shape index (κ2) is 5.85. The Bertz CT molecular complexity index is 686. The molecule has 1 aliphatic rings. The number of nitro benzene ring substituents is 1. The Morgan fingerprint density at radius 2 is 1.77 bits per heavy atom. The minimum Gasteiger partial charge on any atom is -0.299 e. The summed E-state index contributed by atoms with van der Waals surface area (Å²) in [6.45, 7) is 0. The van der Waals surface area contributed by atoms with Crippen molar-refractivity contribution in [3.63, 3.8) is 0 Å². The van der Waals surface area contributed by atoms with Crippen LogP contribution in [0, 0.1) is 16.0 Å². The summed E-state index contributed by atoms with van der Waals surface area (Å²) in [5.74, 6) is 0.194. The van der Waals surface area contributed by atoms with Crippen LogP contribution in [0.15, 0.2) is 54.6 Å². The van der Waals surface area contributed by atoms with Gasteiger partial charge >= 0.3 is 0 Å². The molecule has 0 bridgehead atoms. The Morgan fingerprint density at radius 3 is 2.41 bits per heavy atom. The number of benzene rings is 2. The van der Waals surface area contributed by atoms with Crippen LogP contribution in [-0.2, 0) is 4.79 Å². The third-order valence-corrected chi connectivity index (χ3v) is 3.76. The molecule has 2 atom stereocenters. The summed E-state index contributed by atoms with van der Waals surface area (Å²) in [6, 6.07) is 15.8. The van der Waals surface area contributed by atoms with Gasteiger partial charge in [0.2, 0.25) is 5.91 Å². The van der Waals surface area contributed by atoms with E-state index in [1.807, 2.05) is 30.3 Å². The zero-order chi connectivity index (χ0) is 15.5. The maximum atomic E-state index is 12.1. The van der Waals surface area contributed by atoms with Gasteiger partial charge in [0.15, 0.2) is 0 Å². The van der Waals surface area contributed by atoms with E-state index in [1.165, 1.54) is 17.7 Å². The smallest absolute Gasteiger partial charge is 0.269 e. The van der Waals surface area contributed by atoms with E-state index in [1.54, 1.807) is 12.1 Å². The molecule has 1 saturated carbocycles. The minimum absolute atomic E-state index is 0.0169. The van der Waals surface area contributed by atoms with Gasteiger partial charge in [0, 0.05) is 18.1 Å². The summed E-state index contributed by atoms with van der Waals surface area (Å²) in [5.41, 5.74) is 7.24. The fourth-order valence-corrected chi connectivity index (χ4v) is 2.45. The fraction of sp³-hybridized carbons (Fsp3) is 0.188. The number of rotatable bonds is 5. The number of hydrogen-bond acceptors (Lipinski definition) is 4. The van der Waals surface area contributed by atoms with Crippen LogP contribution in [0.1, 0.15) is 17.9 Å². The van der Waals surface area contributed by atoms with E-state index in [-0.39, 0.29) is 23.4 Å². The fourth-order valence-electron chi connectivity index (χ4n) is 2.45. The summed E-state index contributed by atoms with van der Waals surface area (Å²) in [4.78, 5) is 22.2. The van der Waals surface area contributed by atoms with Crippen molar-refractivity contribution in [2.75, 3.05) is 5.43 Å². The first-order valence-electron chi connectivity index (χ1n) is 7.00. The molecule has 0 aromatic heterocycles. The molecule has 0 radical (unpaired) electrons. The van der Waals surface area contributed by atoms with Crippen LogP contribution in [0.5, 0.6) is 0 Å². The molecule has 2 N–H and O–H groups in total. The van der Waals surface area contributed by atoms with Crippen molar-refractivity contribution in [2.24, 2.45) is 5.92 Å². The van der Waals surface area contributed by atoms with Gasteiger partial charge in [-0.1, -0.05) is 30.3 Å². The lowest BCUT2D eigenvalue weighted by Crippen LogP contribution is -2.31. The Kier molecular flexibility index (Phi) is 3.74. The van der Waals surface area contributed by atoms with Crippen LogP contribution in [0.3, 0.4) is 0 Å². The Labute approximate surface area is 127 Å². The van der Waals surface area contributed by atoms with Crippen LogP contribution in [-0.4, -0.2) is 10.8 Å². The molecule has 112 valence electrons. The molecular weight excluding hydrogens is 282 g/mol. The number of nitrogens with one attached hydrogen (secondary N) is 2. The summed E-state index contributed by atoms with van der Waals surface area (Å²) < 4.78 is 0. The molecule has 3 rings (SSSR count). The van der Waals surface area contributed by atoms with E-state index in [9.17, 15) is 14.9 Å². The van der Waals surface area contributed by atoms with Gasteiger partial charge in [0.1, 0.15) is 0 Å². The molecule has 0 saturated heterocycles. The van der Waals surface area contributed by atoms with Gasteiger partial charge in [0.25, 0.3) is 5.69 Å². The number of nitro groups is 1. The molecule has 1 aliphatic carbocycles. The van der Waals surface area contributed by atoms with E-state index in [2.05, 4.69) is 10.9 Å². The van der Waals surface area contributed by atoms with E-state index in [0.717, 1.165) is 6.42 Å². The highest BCUT2D eigenvalue weighted by atomic mass is 16.6. The normalized spacial score (nSPS) is 19.3. The van der Waals surface area contributed by atoms with E-state index in [0.29, 0.717) is 5.69 Å². The Morgan fingerprint density at radius 1 is 1.09 bits per heavy atom. The zero-order valence-corrected chi connectivity index (χ0v) is 11.7. The van der Waals surface area contributed by atoms with E-state index >= 15 is 0 Å². The van der Waals surface area contributed by atoms with Crippen LogP contribution in [0.2, 0.25) is 0 Å². The number of carbonyl (C=O) groups excluding carboxylic acids is 1. The van der Waals surface area contributed by atoms with Gasteiger partial charge in [-0.15, -0.1) is 0 Å². The standard InChI is InChI=1S/C16H15N3O3/c20-16(15-10-14(15)11-4-2-1-3-5-11)18-17-12-6-8-13(9-7-12)19(21)22/h1-9,14-15,17H,10H2,(H,18,20)/t14-,15-/m0/s1. The lowest BCUT2D eigenvalue weighted by molar-refractivity contribution is -0.384. The minimum atomic E-state index is -0.461. The monoisotopic (exact) mass is 297 g/mol. The highest BCUT2D eigenvalue weighted by Gasteiger charge is 2.43. The average molecular weight is 297 g/mol. The Balaban J connectivity index is 1.52. The number of hydrazine groups is 1. The van der Waals surface area contributed by atoms with Gasteiger partial charge in [0.05, 0.1) is 10.6 Å². The SMILES string of the molecule is O=C(NNc1ccc([N+](=O)[O-])cc1)[C@H]1C[C@H]1c1ccccc1. The number of carbonyl (C=O) groups is 1. The predicted octanol–water partition coefficient (Wildman–Crippen LogP) is 2.84. The number of non-ortho nitro benzene ring substituents is 1. The maximum Gasteiger partial charge on any atom is 0.269 e. The van der Waals surface area contributed by atoms with Gasteiger partial charge in [-0.25, -0.2) is 0 Å². The molecule has 0 unspecified atom stereocenters. The third-order valence-electron chi connectivity index (χ3n) is 3.76. The van der Waals surface area contributed by atoms with Gasteiger partial charge < -0.3 is 0 Å². The summed E-state index contributed by atoms with van der Waals surface area (Å²) in [6.07, 6.45) is 0.845. The van der Waals surface area contributed by atoms with Crippen molar-refractivity contribution in [3.8, 4) is 0 Å². The van der Waals surface area contributed by atoms with Crippen LogP contribution in [0.4, 0.5) is 11.4 Å². The lowest BCUT2D eigenvalue weighted by atomic mass is 10.1. The quantitative estimate of drug-likeness (QED) is 0.656. The molecule has 1 fully saturated rings.